The number of benzene rings is 1. The Hall–Kier alpha value is -3.04. The lowest BCUT2D eigenvalue weighted by atomic mass is 10.2. The lowest BCUT2D eigenvalue weighted by Crippen LogP contribution is -2.36. The predicted molar refractivity (Wildman–Crippen MR) is 100 cm³/mol. The Morgan fingerprint density at radius 2 is 2.00 bits per heavy atom. The maximum Gasteiger partial charge on any atom is 0.410 e. The number of aliphatic imine (C=N–C) groups is 2. The Labute approximate surface area is 157 Å². The van der Waals surface area contributed by atoms with E-state index < -0.39 is 17.5 Å². The minimum atomic E-state index is -0.572. The fourth-order valence-corrected chi connectivity index (χ4v) is 2.45. The van der Waals surface area contributed by atoms with Crippen molar-refractivity contribution in [1.82, 2.24) is 4.90 Å². The molecule has 0 saturated carbocycles. The molecule has 1 aromatic carbocycles. The van der Waals surface area contributed by atoms with Crippen LogP contribution in [0.25, 0.3) is 0 Å². The molecule has 0 bridgehead atoms. The number of carbonyl (C=O) groups excluding carboxylic acids is 1. The summed E-state index contributed by atoms with van der Waals surface area (Å²) < 4.78 is 24.8. The zero-order valence-electron chi connectivity index (χ0n) is 15.6. The van der Waals surface area contributed by atoms with Crippen molar-refractivity contribution >= 4 is 23.7 Å². The number of nitrogens with zero attached hydrogens (tertiary/aromatic N) is 3. The number of halogens is 1. The molecule has 1 heterocycles. The topological polar surface area (TPSA) is 142 Å². The predicted octanol–water partition coefficient (Wildman–Crippen LogP) is 1.43. The highest BCUT2D eigenvalue weighted by molar-refractivity contribution is 5.93. The lowest BCUT2D eigenvalue weighted by molar-refractivity contribution is 0.0276. The summed E-state index contributed by atoms with van der Waals surface area (Å²) in [5, 5.41) is 0. The molecule has 1 aliphatic rings. The van der Waals surface area contributed by atoms with Gasteiger partial charge >= 0.3 is 6.09 Å². The van der Waals surface area contributed by atoms with Gasteiger partial charge in [0.25, 0.3) is 0 Å². The highest BCUT2D eigenvalue weighted by Crippen LogP contribution is 2.31. The second-order valence-electron chi connectivity index (χ2n) is 7.07. The minimum absolute atomic E-state index is 0.146. The van der Waals surface area contributed by atoms with Crippen molar-refractivity contribution in [2.24, 2.45) is 27.2 Å². The van der Waals surface area contributed by atoms with Crippen LogP contribution in [-0.4, -0.2) is 47.7 Å². The third-order valence-corrected chi connectivity index (χ3v) is 3.49. The van der Waals surface area contributed by atoms with E-state index in [0.717, 1.165) is 6.07 Å². The average Bonchev–Trinajstić information content (AvgIpc) is 2.96. The van der Waals surface area contributed by atoms with Crippen LogP contribution in [0.5, 0.6) is 5.75 Å². The monoisotopic (exact) mass is 380 g/mol. The van der Waals surface area contributed by atoms with Gasteiger partial charge in [0.1, 0.15) is 29.0 Å². The molecule has 1 amide bonds. The van der Waals surface area contributed by atoms with E-state index in [4.69, 9.17) is 26.7 Å². The number of ether oxygens (including phenoxy) is 2. The molecule has 1 fully saturated rings. The molecule has 1 aromatic rings. The van der Waals surface area contributed by atoms with Gasteiger partial charge in [-0.2, -0.15) is 4.99 Å². The van der Waals surface area contributed by atoms with Gasteiger partial charge in [-0.1, -0.05) is 0 Å². The van der Waals surface area contributed by atoms with Crippen LogP contribution in [0, 0.1) is 5.82 Å². The number of amides is 1. The van der Waals surface area contributed by atoms with Crippen LogP contribution in [0.2, 0.25) is 0 Å². The maximum absolute atomic E-state index is 13.6. The third kappa shape index (κ3) is 6.32. The molecule has 1 atom stereocenters. The first kappa shape index (κ1) is 20.3. The van der Waals surface area contributed by atoms with Gasteiger partial charge in [-0.25, -0.2) is 14.2 Å². The van der Waals surface area contributed by atoms with Crippen molar-refractivity contribution in [3.8, 4) is 5.75 Å². The van der Waals surface area contributed by atoms with Gasteiger partial charge in [0, 0.05) is 19.0 Å². The third-order valence-electron chi connectivity index (χ3n) is 3.49. The number of carbonyl (C=O) groups is 1. The standard InChI is InChI=1S/C17H25FN6O3/c1-17(2,3)27-16(25)24-7-6-11(9-24)26-13-5-4-10(18)8-12(13)22-15(21)23-14(19)20/h4-5,8,11H,6-7,9H2,1-3H3,(H6,19,20,21,22,23). The van der Waals surface area contributed by atoms with Crippen LogP contribution < -0.4 is 21.9 Å². The quantitative estimate of drug-likeness (QED) is 0.535. The van der Waals surface area contributed by atoms with Crippen LogP contribution >= 0.6 is 0 Å². The van der Waals surface area contributed by atoms with Gasteiger partial charge in [-0.15, -0.1) is 0 Å². The van der Waals surface area contributed by atoms with Gasteiger partial charge in [0.15, 0.2) is 5.96 Å². The van der Waals surface area contributed by atoms with E-state index in [1.165, 1.54) is 12.1 Å². The van der Waals surface area contributed by atoms with E-state index in [1.54, 1.807) is 25.7 Å². The van der Waals surface area contributed by atoms with Crippen molar-refractivity contribution in [2.75, 3.05) is 13.1 Å². The van der Waals surface area contributed by atoms with E-state index in [9.17, 15) is 9.18 Å². The summed E-state index contributed by atoms with van der Waals surface area (Å²) in [6, 6.07) is 3.84. The molecule has 0 aliphatic carbocycles. The Balaban J connectivity index is 2.10. The van der Waals surface area contributed by atoms with Gasteiger partial charge in [-0.3, -0.25) is 0 Å². The Morgan fingerprint density at radius 1 is 1.30 bits per heavy atom. The highest BCUT2D eigenvalue weighted by Gasteiger charge is 2.31. The Kier molecular flexibility index (Phi) is 6.09. The van der Waals surface area contributed by atoms with E-state index >= 15 is 0 Å². The molecule has 0 radical (unpaired) electrons. The summed E-state index contributed by atoms with van der Waals surface area (Å²) in [4.78, 5) is 21.3. The molecular weight excluding hydrogens is 355 g/mol. The summed E-state index contributed by atoms with van der Waals surface area (Å²) in [6.07, 6.45) is -0.0902. The highest BCUT2D eigenvalue weighted by atomic mass is 19.1. The zero-order valence-corrected chi connectivity index (χ0v) is 15.6. The van der Waals surface area contributed by atoms with Crippen LogP contribution in [-0.2, 0) is 4.74 Å². The Morgan fingerprint density at radius 3 is 2.63 bits per heavy atom. The fourth-order valence-electron chi connectivity index (χ4n) is 2.45. The number of likely N-dealkylation sites (tertiary alicyclic amines) is 1. The molecule has 27 heavy (non-hydrogen) atoms. The second kappa shape index (κ2) is 8.11. The number of rotatable bonds is 3. The van der Waals surface area contributed by atoms with Gasteiger partial charge in [0.2, 0.25) is 5.96 Å². The first-order chi connectivity index (χ1) is 12.5. The molecule has 148 valence electrons. The second-order valence-corrected chi connectivity index (χ2v) is 7.07. The van der Waals surface area contributed by atoms with Gasteiger partial charge in [0.05, 0.1) is 6.54 Å². The molecular formula is C17H25FN6O3. The molecule has 1 aliphatic heterocycles. The molecule has 0 aromatic heterocycles. The number of hydrogen-bond acceptors (Lipinski definition) is 4. The summed E-state index contributed by atoms with van der Waals surface area (Å²) in [6.45, 7) is 6.25. The number of hydrogen-bond donors (Lipinski definition) is 3. The van der Waals surface area contributed by atoms with Crippen molar-refractivity contribution in [1.29, 1.82) is 0 Å². The first-order valence-corrected chi connectivity index (χ1v) is 8.41. The summed E-state index contributed by atoms with van der Waals surface area (Å²) in [7, 11) is 0. The maximum atomic E-state index is 13.6. The molecule has 6 N–H and O–H groups in total. The summed E-state index contributed by atoms with van der Waals surface area (Å²) in [5.74, 6) is -0.701. The average molecular weight is 380 g/mol. The van der Waals surface area contributed by atoms with Crippen molar-refractivity contribution in [2.45, 2.75) is 38.9 Å². The van der Waals surface area contributed by atoms with E-state index in [0.29, 0.717) is 25.3 Å². The van der Waals surface area contributed by atoms with Gasteiger partial charge < -0.3 is 31.6 Å². The first-order valence-electron chi connectivity index (χ1n) is 8.41. The molecule has 10 heteroatoms. The largest absolute Gasteiger partial charge is 0.486 e. The molecule has 1 saturated heterocycles. The molecule has 0 spiro atoms. The molecule has 1 unspecified atom stereocenters. The van der Waals surface area contributed by atoms with Gasteiger partial charge in [-0.05, 0) is 32.9 Å². The van der Waals surface area contributed by atoms with Crippen LogP contribution in [0.4, 0.5) is 14.9 Å². The molecule has 2 rings (SSSR count). The summed E-state index contributed by atoms with van der Waals surface area (Å²) >= 11 is 0. The van der Waals surface area contributed by atoms with E-state index in [2.05, 4.69) is 9.98 Å². The van der Waals surface area contributed by atoms with Crippen molar-refractivity contribution in [3.05, 3.63) is 24.0 Å². The smallest absolute Gasteiger partial charge is 0.410 e. The van der Waals surface area contributed by atoms with Crippen LogP contribution in [0.1, 0.15) is 27.2 Å². The summed E-state index contributed by atoms with van der Waals surface area (Å²) in [5.41, 5.74) is 15.7. The van der Waals surface area contributed by atoms with Crippen molar-refractivity contribution in [3.63, 3.8) is 0 Å². The lowest BCUT2D eigenvalue weighted by Gasteiger charge is -2.24. The SMILES string of the molecule is CC(C)(C)OC(=O)N1CCC(Oc2ccc(F)cc2N=C(N)N=C(N)N)C1. The number of guanidine groups is 2. The van der Waals surface area contributed by atoms with E-state index in [1.807, 2.05) is 0 Å². The van der Waals surface area contributed by atoms with Crippen LogP contribution in [0.15, 0.2) is 28.2 Å². The van der Waals surface area contributed by atoms with Crippen molar-refractivity contribution < 1.29 is 18.7 Å². The number of nitrogens with two attached hydrogens (primary N) is 3. The van der Waals surface area contributed by atoms with E-state index in [-0.39, 0.29) is 23.7 Å². The normalized spacial score (nSPS) is 17.6. The molecule has 9 nitrogen and oxygen atoms in total. The zero-order chi connectivity index (χ0) is 20.2. The minimum Gasteiger partial charge on any atom is -0.486 e. The van der Waals surface area contributed by atoms with Crippen LogP contribution in [0.3, 0.4) is 0 Å². The Bertz CT molecular complexity index is 756. The fraction of sp³-hybridized carbons (Fsp3) is 0.471.